The van der Waals surface area contributed by atoms with Gasteiger partial charge in [0.05, 0.1) is 19.1 Å². The van der Waals surface area contributed by atoms with Crippen LogP contribution in [-0.2, 0) is 14.3 Å². The van der Waals surface area contributed by atoms with Gasteiger partial charge in [-0.3, -0.25) is 14.5 Å². The van der Waals surface area contributed by atoms with Crippen molar-refractivity contribution in [1.82, 2.24) is 9.80 Å². The second kappa shape index (κ2) is 4.97. The summed E-state index contributed by atoms with van der Waals surface area (Å²) in [5.74, 6) is 0.0406. The summed E-state index contributed by atoms with van der Waals surface area (Å²) >= 11 is 0. The zero-order valence-electron chi connectivity index (χ0n) is 10.6. The second-order valence-electron chi connectivity index (χ2n) is 5.55. The summed E-state index contributed by atoms with van der Waals surface area (Å²) in [5.41, 5.74) is 0. The molecule has 5 nitrogen and oxygen atoms in total. The summed E-state index contributed by atoms with van der Waals surface area (Å²) in [6.45, 7) is 4.11. The Bertz CT molecular complexity index is 358. The quantitative estimate of drug-likeness (QED) is 0.651. The van der Waals surface area contributed by atoms with E-state index < -0.39 is 0 Å². The van der Waals surface area contributed by atoms with Gasteiger partial charge in [0.1, 0.15) is 5.78 Å². The maximum Gasteiger partial charge on any atom is 0.230 e. The molecule has 0 aromatic rings. The van der Waals surface area contributed by atoms with Crippen molar-refractivity contribution < 1.29 is 14.3 Å². The highest BCUT2D eigenvalue weighted by molar-refractivity contribution is 6.00. The van der Waals surface area contributed by atoms with Crippen LogP contribution in [0.15, 0.2) is 0 Å². The van der Waals surface area contributed by atoms with Crippen LogP contribution in [0, 0.1) is 0 Å². The van der Waals surface area contributed by atoms with Crippen molar-refractivity contribution in [3.8, 4) is 0 Å². The van der Waals surface area contributed by atoms with Gasteiger partial charge < -0.3 is 9.64 Å². The first-order valence-corrected chi connectivity index (χ1v) is 6.87. The maximum absolute atomic E-state index is 11.7. The van der Waals surface area contributed by atoms with Crippen LogP contribution in [0.1, 0.15) is 25.7 Å². The van der Waals surface area contributed by atoms with Crippen LogP contribution >= 0.6 is 0 Å². The molecule has 0 bridgehead atoms. The Morgan fingerprint density at radius 1 is 1.28 bits per heavy atom. The minimum atomic E-state index is -0.0293. The number of nitrogens with zero attached hydrogens (tertiary/aromatic N) is 2. The Morgan fingerprint density at radius 3 is 3.00 bits per heavy atom. The smallest absolute Gasteiger partial charge is 0.230 e. The molecule has 3 saturated heterocycles. The van der Waals surface area contributed by atoms with Crippen molar-refractivity contribution in [2.75, 3.05) is 32.8 Å². The molecule has 2 atom stereocenters. The molecule has 0 spiro atoms. The first-order valence-electron chi connectivity index (χ1n) is 6.87. The van der Waals surface area contributed by atoms with Gasteiger partial charge in [-0.2, -0.15) is 0 Å². The average Bonchev–Trinajstić information content (AvgIpc) is 2.80. The van der Waals surface area contributed by atoms with Crippen LogP contribution in [0.3, 0.4) is 0 Å². The molecule has 0 aliphatic carbocycles. The van der Waals surface area contributed by atoms with E-state index in [9.17, 15) is 9.59 Å². The van der Waals surface area contributed by atoms with Crippen LogP contribution in [-0.4, -0.2) is 66.4 Å². The van der Waals surface area contributed by atoms with Gasteiger partial charge in [0.25, 0.3) is 0 Å². The number of hydrogen-bond acceptors (Lipinski definition) is 4. The number of morpholine rings is 1. The van der Waals surface area contributed by atoms with Crippen LogP contribution in [0.5, 0.6) is 0 Å². The number of carbonyl (C=O) groups is 2. The predicted molar refractivity (Wildman–Crippen MR) is 65.2 cm³/mol. The summed E-state index contributed by atoms with van der Waals surface area (Å²) < 4.78 is 5.85. The van der Waals surface area contributed by atoms with Crippen molar-refractivity contribution in [2.24, 2.45) is 0 Å². The number of piperidine rings is 1. The van der Waals surface area contributed by atoms with Crippen molar-refractivity contribution in [1.29, 1.82) is 0 Å². The standard InChI is InChI=1S/C13H20N2O3/c16-11-3-5-15(13(17)6-11)8-12-7-14-4-1-2-10(14)9-18-12/h10,12H,1-9H2. The lowest BCUT2D eigenvalue weighted by Gasteiger charge is -2.38. The lowest BCUT2D eigenvalue weighted by atomic mass is 10.1. The highest BCUT2D eigenvalue weighted by Crippen LogP contribution is 2.23. The molecule has 3 fully saturated rings. The second-order valence-corrected chi connectivity index (χ2v) is 5.55. The average molecular weight is 252 g/mol. The highest BCUT2D eigenvalue weighted by atomic mass is 16.5. The monoisotopic (exact) mass is 252 g/mol. The third-order valence-electron chi connectivity index (χ3n) is 4.25. The third kappa shape index (κ3) is 2.42. The van der Waals surface area contributed by atoms with Crippen LogP contribution in [0.4, 0.5) is 0 Å². The molecule has 5 heteroatoms. The van der Waals surface area contributed by atoms with E-state index in [0.717, 1.165) is 19.7 Å². The molecule has 3 heterocycles. The van der Waals surface area contributed by atoms with Gasteiger partial charge in [-0.15, -0.1) is 0 Å². The van der Waals surface area contributed by atoms with E-state index in [1.807, 2.05) is 0 Å². The SMILES string of the molecule is O=C1CCN(CC2CN3CCCC3CO2)C(=O)C1. The van der Waals surface area contributed by atoms with E-state index in [4.69, 9.17) is 4.74 Å². The third-order valence-corrected chi connectivity index (χ3v) is 4.25. The molecule has 0 aromatic carbocycles. The van der Waals surface area contributed by atoms with Crippen molar-refractivity contribution in [2.45, 2.75) is 37.8 Å². The summed E-state index contributed by atoms with van der Waals surface area (Å²) in [5, 5.41) is 0. The Morgan fingerprint density at radius 2 is 2.17 bits per heavy atom. The van der Waals surface area contributed by atoms with Crippen LogP contribution in [0.2, 0.25) is 0 Å². The lowest BCUT2D eigenvalue weighted by molar-refractivity contribution is -0.142. The van der Waals surface area contributed by atoms with Gasteiger partial charge in [-0.25, -0.2) is 0 Å². The van der Waals surface area contributed by atoms with Crippen molar-refractivity contribution in [3.05, 3.63) is 0 Å². The molecule has 3 aliphatic heterocycles. The Balaban J connectivity index is 1.53. The van der Waals surface area contributed by atoms with Gasteiger partial charge >= 0.3 is 0 Å². The molecule has 0 radical (unpaired) electrons. The molecule has 1 amide bonds. The first kappa shape index (κ1) is 12.1. The van der Waals surface area contributed by atoms with Crippen molar-refractivity contribution in [3.63, 3.8) is 0 Å². The van der Waals surface area contributed by atoms with Gasteiger partial charge in [0.2, 0.25) is 5.91 Å². The molecule has 3 rings (SSSR count). The summed E-state index contributed by atoms with van der Waals surface area (Å²) in [6.07, 6.45) is 3.21. The van der Waals surface area contributed by atoms with Crippen LogP contribution in [0.25, 0.3) is 0 Å². The Hall–Kier alpha value is -0.940. The summed E-state index contributed by atoms with van der Waals surface area (Å²) in [6, 6.07) is 0.597. The molecule has 0 saturated carbocycles. The highest BCUT2D eigenvalue weighted by Gasteiger charge is 2.34. The van der Waals surface area contributed by atoms with Gasteiger partial charge in [-0.05, 0) is 19.4 Å². The van der Waals surface area contributed by atoms with E-state index in [2.05, 4.69) is 4.90 Å². The zero-order chi connectivity index (χ0) is 12.5. The normalized spacial score (nSPS) is 33.9. The predicted octanol–water partition coefficient (Wildman–Crippen LogP) is 0.0411. The Labute approximate surface area is 107 Å². The number of ketones is 1. The molecular weight excluding hydrogens is 232 g/mol. The molecule has 100 valence electrons. The maximum atomic E-state index is 11.7. The number of rotatable bonds is 2. The summed E-state index contributed by atoms with van der Waals surface area (Å²) in [4.78, 5) is 27.2. The van der Waals surface area contributed by atoms with Gasteiger partial charge in [0.15, 0.2) is 0 Å². The molecule has 0 aromatic heterocycles. The number of ether oxygens (including phenoxy) is 1. The fourth-order valence-corrected chi connectivity index (χ4v) is 3.19. The fraction of sp³-hybridized carbons (Fsp3) is 0.846. The number of hydrogen-bond donors (Lipinski definition) is 0. The van der Waals surface area contributed by atoms with E-state index in [1.54, 1.807) is 4.90 Å². The van der Waals surface area contributed by atoms with E-state index in [1.165, 1.54) is 12.8 Å². The molecule has 2 unspecified atom stereocenters. The number of likely N-dealkylation sites (tertiary alicyclic amines) is 1. The first-order chi connectivity index (χ1) is 8.72. The van der Waals surface area contributed by atoms with E-state index >= 15 is 0 Å². The van der Waals surface area contributed by atoms with E-state index in [0.29, 0.717) is 25.6 Å². The molecular formula is C13H20N2O3. The minimum absolute atomic E-state index is 0.0293. The number of Topliss-reactive ketones (excluding diaryl/α,β-unsaturated/α-hetero) is 1. The molecule has 18 heavy (non-hydrogen) atoms. The number of amides is 1. The Kier molecular flexibility index (Phi) is 3.35. The minimum Gasteiger partial charge on any atom is -0.373 e. The lowest BCUT2D eigenvalue weighted by Crippen LogP contribution is -2.52. The number of carbonyl (C=O) groups excluding carboxylic acids is 2. The summed E-state index contributed by atoms with van der Waals surface area (Å²) in [7, 11) is 0. The van der Waals surface area contributed by atoms with Gasteiger partial charge in [0, 0.05) is 32.1 Å². The fourth-order valence-electron chi connectivity index (χ4n) is 3.19. The number of fused-ring (bicyclic) bond motifs is 1. The largest absolute Gasteiger partial charge is 0.373 e. The topological polar surface area (TPSA) is 49.9 Å². The molecule has 3 aliphatic rings. The molecule has 0 N–H and O–H groups in total. The van der Waals surface area contributed by atoms with Crippen LogP contribution < -0.4 is 0 Å². The van der Waals surface area contributed by atoms with E-state index in [-0.39, 0.29) is 24.2 Å². The van der Waals surface area contributed by atoms with Crippen molar-refractivity contribution >= 4 is 11.7 Å². The zero-order valence-corrected chi connectivity index (χ0v) is 10.6. The van der Waals surface area contributed by atoms with Gasteiger partial charge in [-0.1, -0.05) is 0 Å².